The van der Waals surface area contributed by atoms with Crippen molar-refractivity contribution in [3.8, 4) is 5.75 Å². The number of benzene rings is 1. The zero-order valence-electron chi connectivity index (χ0n) is 18.2. The number of nitrogens with zero attached hydrogens (tertiary/aromatic N) is 4. The predicted octanol–water partition coefficient (Wildman–Crippen LogP) is 2.16. The van der Waals surface area contributed by atoms with Crippen LogP contribution in [0.4, 0.5) is 5.69 Å². The molecule has 1 aliphatic heterocycles. The third-order valence-electron chi connectivity index (χ3n) is 5.81. The number of aromatic nitrogens is 2. The van der Waals surface area contributed by atoms with E-state index in [2.05, 4.69) is 27.0 Å². The number of fused-ring (bicyclic) bond motifs is 1. The van der Waals surface area contributed by atoms with Gasteiger partial charge in [-0.3, -0.25) is 14.5 Å². The van der Waals surface area contributed by atoms with Gasteiger partial charge >= 0.3 is 0 Å². The molecule has 3 heterocycles. The Hall–Kier alpha value is -3.39. The Kier molecular flexibility index (Phi) is 7.01. The number of unbranched alkanes of at least 4 members (excludes halogenated alkanes) is 1. The van der Waals surface area contributed by atoms with Crippen LogP contribution in [0, 0.1) is 0 Å². The number of aldehydes is 1. The van der Waals surface area contributed by atoms with E-state index in [0.717, 1.165) is 74.4 Å². The van der Waals surface area contributed by atoms with Gasteiger partial charge in [0.2, 0.25) is 5.91 Å². The second-order valence-corrected chi connectivity index (χ2v) is 8.11. The number of anilines is 1. The molecule has 4 rings (SSSR count). The molecule has 1 aromatic carbocycles. The van der Waals surface area contributed by atoms with E-state index in [9.17, 15) is 9.59 Å². The van der Waals surface area contributed by atoms with Gasteiger partial charge in [0.05, 0.1) is 30.3 Å². The maximum absolute atomic E-state index is 11.2. The van der Waals surface area contributed by atoms with Crippen molar-refractivity contribution >= 4 is 23.4 Å². The molecule has 0 saturated carbocycles. The van der Waals surface area contributed by atoms with Gasteiger partial charge in [0.15, 0.2) is 6.29 Å². The number of hydrogen-bond donors (Lipinski definition) is 1. The lowest BCUT2D eigenvalue weighted by Crippen LogP contribution is -2.46. The summed E-state index contributed by atoms with van der Waals surface area (Å²) in [7, 11) is 0. The van der Waals surface area contributed by atoms with E-state index < -0.39 is 0 Å². The zero-order chi connectivity index (χ0) is 22.3. The molecule has 0 bridgehead atoms. The molecular weight excluding hydrogens is 406 g/mol. The number of piperazine rings is 1. The maximum atomic E-state index is 11.2. The number of hydrogen-bond acceptors (Lipinski definition) is 6. The first-order chi connectivity index (χ1) is 15.6. The summed E-state index contributed by atoms with van der Waals surface area (Å²) < 4.78 is 7.54. The molecule has 3 aromatic rings. The van der Waals surface area contributed by atoms with Crippen molar-refractivity contribution in [1.82, 2.24) is 14.5 Å². The van der Waals surface area contributed by atoms with Crippen LogP contribution in [0.3, 0.4) is 0 Å². The molecule has 1 fully saturated rings. The van der Waals surface area contributed by atoms with Gasteiger partial charge in [-0.15, -0.1) is 0 Å². The maximum Gasteiger partial charge on any atom is 0.221 e. The number of carbonyl (C=O) groups excluding carboxylic acids is 2. The molecule has 0 aliphatic carbocycles. The first kappa shape index (κ1) is 21.8. The van der Waals surface area contributed by atoms with Crippen LogP contribution in [-0.4, -0.2) is 66.0 Å². The van der Waals surface area contributed by atoms with Crippen molar-refractivity contribution in [2.75, 3.05) is 44.2 Å². The Morgan fingerprint density at radius 3 is 2.75 bits per heavy atom. The minimum atomic E-state index is -0.302. The van der Waals surface area contributed by atoms with Crippen LogP contribution in [-0.2, 0) is 11.2 Å². The van der Waals surface area contributed by atoms with Crippen LogP contribution in [0.5, 0.6) is 5.75 Å². The van der Waals surface area contributed by atoms with E-state index in [1.165, 1.54) is 0 Å². The molecule has 168 valence electrons. The molecule has 2 N–H and O–H groups in total. The van der Waals surface area contributed by atoms with E-state index >= 15 is 0 Å². The minimum absolute atomic E-state index is 0.282. The number of rotatable bonds is 10. The lowest BCUT2D eigenvalue weighted by molar-refractivity contribution is -0.117. The number of amides is 1. The van der Waals surface area contributed by atoms with Crippen molar-refractivity contribution in [2.45, 2.75) is 19.3 Å². The second kappa shape index (κ2) is 10.3. The van der Waals surface area contributed by atoms with Gasteiger partial charge in [0, 0.05) is 44.1 Å². The van der Waals surface area contributed by atoms with Gasteiger partial charge in [0.1, 0.15) is 5.75 Å². The van der Waals surface area contributed by atoms with Crippen LogP contribution in [0.2, 0.25) is 0 Å². The second-order valence-electron chi connectivity index (χ2n) is 8.11. The molecule has 32 heavy (non-hydrogen) atoms. The lowest BCUT2D eigenvalue weighted by Gasteiger charge is -2.36. The quantitative estimate of drug-likeness (QED) is 0.388. The number of carbonyl (C=O) groups is 2. The number of nitrogens with two attached hydrogens (primary N) is 1. The Morgan fingerprint density at radius 2 is 1.97 bits per heavy atom. The van der Waals surface area contributed by atoms with E-state index in [-0.39, 0.29) is 12.3 Å². The third-order valence-corrected chi connectivity index (χ3v) is 5.81. The Balaban J connectivity index is 1.17. The first-order valence-electron chi connectivity index (χ1n) is 11.0. The highest BCUT2D eigenvalue weighted by molar-refractivity contribution is 5.85. The number of ether oxygens (including phenoxy) is 1. The fourth-order valence-corrected chi connectivity index (χ4v) is 4.08. The Bertz CT molecular complexity index is 1070. The summed E-state index contributed by atoms with van der Waals surface area (Å²) in [6.07, 6.45) is 6.50. The summed E-state index contributed by atoms with van der Waals surface area (Å²) in [4.78, 5) is 27.1. The third kappa shape index (κ3) is 5.45. The van der Waals surface area contributed by atoms with E-state index in [4.69, 9.17) is 10.5 Å². The topological polar surface area (TPSA) is 93.2 Å². The molecule has 0 unspecified atom stereocenters. The summed E-state index contributed by atoms with van der Waals surface area (Å²) in [5.41, 5.74) is 8.76. The number of pyridine rings is 1. The minimum Gasteiger partial charge on any atom is -0.493 e. The molecule has 2 aromatic heterocycles. The highest BCUT2D eigenvalue weighted by atomic mass is 16.5. The molecule has 1 amide bonds. The predicted molar refractivity (Wildman–Crippen MR) is 123 cm³/mol. The molecule has 1 saturated heterocycles. The zero-order valence-corrected chi connectivity index (χ0v) is 18.2. The molecule has 0 atom stereocenters. The van der Waals surface area contributed by atoms with Crippen molar-refractivity contribution in [3.05, 3.63) is 59.9 Å². The summed E-state index contributed by atoms with van der Waals surface area (Å²) in [5.74, 6) is 0.456. The molecule has 8 nitrogen and oxygen atoms in total. The van der Waals surface area contributed by atoms with Gasteiger partial charge in [-0.1, -0.05) is 12.1 Å². The van der Waals surface area contributed by atoms with Crippen molar-refractivity contribution in [3.63, 3.8) is 0 Å². The van der Waals surface area contributed by atoms with Crippen molar-refractivity contribution < 1.29 is 14.3 Å². The largest absolute Gasteiger partial charge is 0.493 e. The fraction of sp³-hybridized carbons (Fsp3) is 0.375. The molecule has 0 spiro atoms. The summed E-state index contributed by atoms with van der Waals surface area (Å²) in [5, 5.41) is 4.13. The first-order valence-corrected chi connectivity index (χ1v) is 11.0. The fourth-order valence-electron chi connectivity index (χ4n) is 4.08. The number of primary amides is 1. The van der Waals surface area contributed by atoms with Crippen LogP contribution >= 0.6 is 0 Å². The van der Waals surface area contributed by atoms with Gasteiger partial charge in [-0.2, -0.15) is 5.10 Å². The van der Waals surface area contributed by atoms with E-state index in [0.29, 0.717) is 12.2 Å². The van der Waals surface area contributed by atoms with Crippen LogP contribution in [0.1, 0.15) is 28.8 Å². The van der Waals surface area contributed by atoms with Gasteiger partial charge in [0.25, 0.3) is 0 Å². The highest BCUT2D eigenvalue weighted by Crippen LogP contribution is 2.19. The molecule has 1 aliphatic rings. The SMILES string of the molecule is NC(=O)Cc1cccc(N2CCN(CCCCOc3ccn4ncc(C=O)c4c3)CC2)c1. The van der Waals surface area contributed by atoms with Gasteiger partial charge in [-0.25, -0.2) is 4.52 Å². The average molecular weight is 436 g/mol. The molecule has 0 radical (unpaired) electrons. The average Bonchev–Trinajstić information content (AvgIpc) is 3.21. The normalized spacial score (nSPS) is 14.6. The van der Waals surface area contributed by atoms with Crippen LogP contribution in [0.15, 0.2) is 48.8 Å². The van der Waals surface area contributed by atoms with Gasteiger partial charge < -0.3 is 15.4 Å². The highest BCUT2D eigenvalue weighted by Gasteiger charge is 2.17. The molecular formula is C24H29N5O3. The standard InChI is InChI=1S/C24H29N5O3/c25-24(31)15-19-4-3-5-21(14-19)28-11-9-27(10-12-28)7-1-2-13-32-22-6-8-29-23(16-22)20(18-30)17-26-29/h3-6,8,14,16-18H,1-2,7,9-13,15H2,(H2,25,31). The smallest absolute Gasteiger partial charge is 0.221 e. The Labute approximate surface area is 187 Å². The van der Waals surface area contributed by atoms with E-state index in [1.807, 2.05) is 24.3 Å². The summed E-state index contributed by atoms with van der Waals surface area (Å²) in [6.45, 7) is 5.69. The van der Waals surface area contributed by atoms with E-state index in [1.54, 1.807) is 16.9 Å². The summed E-state index contributed by atoms with van der Waals surface area (Å²) >= 11 is 0. The van der Waals surface area contributed by atoms with Gasteiger partial charge in [-0.05, 0) is 43.1 Å². The molecule has 8 heteroatoms. The monoisotopic (exact) mass is 435 g/mol. The van der Waals surface area contributed by atoms with Crippen molar-refractivity contribution in [2.24, 2.45) is 5.73 Å². The summed E-state index contributed by atoms with van der Waals surface area (Å²) in [6, 6.07) is 11.8. The lowest BCUT2D eigenvalue weighted by atomic mass is 10.1. The van der Waals surface area contributed by atoms with Crippen LogP contribution in [0.25, 0.3) is 5.52 Å². The van der Waals surface area contributed by atoms with Crippen molar-refractivity contribution in [1.29, 1.82) is 0 Å². The Morgan fingerprint density at radius 1 is 1.12 bits per heavy atom. The van der Waals surface area contributed by atoms with Crippen LogP contribution < -0.4 is 15.4 Å².